The van der Waals surface area contributed by atoms with Crippen molar-refractivity contribution in [1.82, 2.24) is 4.98 Å². The number of nitrogens with two attached hydrogens (primary N) is 2. The van der Waals surface area contributed by atoms with Crippen LogP contribution in [-0.2, 0) is 0 Å². The van der Waals surface area contributed by atoms with Crippen molar-refractivity contribution < 1.29 is 15.3 Å². The van der Waals surface area contributed by atoms with Crippen LogP contribution in [0.2, 0.25) is 0 Å². The topological polar surface area (TPSA) is 126 Å². The molecule has 6 nitrogen and oxygen atoms in total. The van der Waals surface area contributed by atoms with E-state index >= 15 is 0 Å². The van der Waals surface area contributed by atoms with E-state index < -0.39 is 12.2 Å². The monoisotopic (exact) mass is 199 g/mol. The number of aromatic nitrogens is 1. The molecule has 0 spiro atoms. The molecule has 2 unspecified atom stereocenters. The van der Waals surface area contributed by atoms with Crippen LogP contribution in [0.1, 0.15) is 11.7 Å². The van der Waals surface area contributed by atoms with E-state index in [-0.39, 0.29) is 23.7 Å². The lowest BCUT2D eigenvalue weighted by Crippen LogP contribution is -2.27. The fourth-order valence-electron chi connectivity index (χ4n) is 0.992. The first kappa shape index (κ1) is 10.7. The summed E-state index contributed by atoms with van der Waals surface area (Å²) < 4.78 is 0. The second kappa shape index (κ2) is 4.23. The number of anilines is 1. The Balaban J connectivity index is 2.91. The molecule has 0 aliphatic rings. The first-order valence-corrected chi connectivity index (χ1v) is 4.07. The zero-order valence-electron chi connectivity index (χ0n) is 7.46. The minimum Gasteiger partial charge on any atom is -0.504 e. The molecule has 0 fully saturated rings. The van der Waals surface area contributed by atoms with E-state index in [4.69, 9.17) is 11.5 Å². The Morgan fingerprint density at radius 2 is 2.07 bits per heavy atom. The largest absolute Gasteiger partial charge is 0.504 e. The zero-order chi connectivity index (χ0) is 10.7. The molecule has 0 aliphatic heterocycles. The van der Waals surface area contributed by atoms with Gasteiger partial charge < -0.3 is 26.8 Å². The molecule has 1 aromatic heterocycles. The van der Waals surface area contributed by atoms with Gasteiger partial charge in [0.15, 0.2) is 11.6 Å². The second-order valence-corrected chi connectivity index (χ2v) is 2.92. The normalized spacial score (nSPS) is 15.1. The Kier molecular flexibility index (Phi) is 3.23. The molecule has 0 aliphatic carbocycles. The third-order valence-electron chi connectivity index (χ3n) is 1.87. The smallest absolute Gasteiger partial charge is 0.165 e. The summed E-state index contributed by atoms with van der Waals surface area (Å²) in [6.07, 6.45) is -0.975. The van der Waals surface area contributed by atoms with Crippen molar-refractivity contribution in [2.75, 3.05) is 12.3 Å². The fraction of sp³-hybridized carbons (Fsp3) is 0.375. The number of aliphatic hydroxyl groups is 2. The first-order valence-electron chi connectivity index (χ1n) is 4.07. The molecule has 1 rings (SSSR count). The molecule has 1 heterocycles. The van der Waals surface area contributed by atoms with E-state index in [9.17, 15) is 15.3 Å². The second-order valence-electron chi connectivity index (χ2n) is 2.92. The molecule has 0 saturated heterocycles. The number of rotatable bonds is 3. The van der Waals surface area contributed by atoms with Gasteiger partial charge in [-0.15, -0.1) is 0 Å². The van der Waals surface area contributed by atoms with Gasteiger partial charge in [0.05, 0.1) is 6.10 Å². The molecule has 2 atom stereocenters. The van der Waals surface area contributed by atoms with E-state index in [0.717, 1.165) is 0 Å². The van der Waals surface area contributed by atoms with Crippen molar-refractivity contribution in [3.63, 3.8) is 0 Å². The number of hydrogen-bond donors (Lipinski definition) is 5. The maximum Gasteiger partial charge on any atom is 0.165 e. The molecule has 7 N–H and O–H groups in total. The highest BCUT2D eigenvalue weighted by atomic mass is 16.3. The maximum absolute atomic E-state index is 9.48. The Labute approximate surface area is 80.8 Å². The highest BCUT2D eigenvalue weighted by Gasteiger charge is 2.18. The van der Waals surface area contributed by atoms with Crippen LogP contribution in [0.25, 0.3) is 0 Å². The van der Waals surface area contributed by atoms with E-state index in [1.165, 1.54) is 12.3 Å². The number of hydrogen-bond acceptors (Lipinski definition) is 6. The molecule has 0 amide bonds. The highest BCUT2D eigenvalue weighted by Crippen LogP contribution is 2.23. The average molecular weight is 199 g/mol. The van der Waals surface area contributed by atoms with E-state index in [1.807, 2.05) is 0 Å². The molecule has 1 aromatic rings. The van der Waals surface area contributed by atoms with Crippen molar-refractivity contribution in [2.45, 2.75) is 12.2 Å². The lowest BCUT2D eigenvalue weighted by molar-refractivity contribution is 0.0240. The molecule has 14 heavy (non-hydrogen) atoms. The van der Waals surface area contributed by atoms with Gasteiger partial charge in [-0.25, -0.2) is 4.98 Å². The van der Waals surface area contributed by atoms with Crippen LogP contribution < -0.4 is 11.5 Å². The molecule has 0 bridgehead atoms. The van der Waals surface area contributed by atoms with E-state index in [1.54, 1.807) is 0 Å². The summed E-state index contributed by atoms with van der Waals surface area (Å²) in [5, 5.41) is 27.9. The van der Waals surface area contributed by atoms with Gasteiger partial charge >= 0.3 is 0 Å². The molecule has 0 saturated carbocycles. The number of aliphatic hydroxyl groups excluding tert-OH is 2. The summed E-state index contributed by atoms with van der Waals surface area (Å²) >= 11 is 0. The molecule has 0 aromatic carbocycles. The summed E-state index contributed by atoms with van der Waals surface area (Å²) in [6.45, 7) is -0.0771. The number of nitrogen functional groups attached to an aromatic ring is 1. The average Bonchev–Trinajstić information content (AvgIpc) is 2.20. The molecule has 6 heteroatoms. The summed E-state index contributed by atoms with van der Waals surface area (Å²) in [6, 6.07) is 1.24. The first-order chi connectivity index (χ1) is 6.56. The predicted molar refractivity (Wildman–Crippen MR) is 50.3 cm³/mol. The quantitative estimate of drug-likeness (QED) is 0.413. The summed E-state index contributed by atoms with van der Waals surface area (Å²) in [5.74, 6) is -0.256. The van der Waals surface area contributed by atoms with Crippen LogP contribution in [0.15, 0.2) is 12.3 Å². The van der Waals surface area contributed by atoms with Gasteiger partial charge in [-0.3, -0.25) is 0 Å². The van der Waals surface area contributed by atoms with Gasteiger partial charge in [0.2, 0.25) is 0 Å². The van der Waals surface area contributed by atoms with Crippen molar-refractivity contribution in [3.05, 3.63) is 17.8 Å². The van der Waals surface area contributed by atoms with Crippen LogP contribution in [0, 0.1) is 0 Å². The van der Waals surface area contributed by atoms with E-state index in [2.05, 4.69) is 4.98 Å². The van der Waals surface area contributed by atoms with Crippen molar-refractivity contribution in [2.24, 2.45) is 5.73 Å². The van der Waals surface area contributed by atoms with Gasteiger partial charge in [-0.1, -0.05) is 0 Å². The summed E-state index contributed by atoms with van der Waals surface area (Å²) in [7, 11) is 0. The predicted octanol–water partition coefficient (Wildman–Crippen LogP) is -1.28. The Morgan fingerprint density at radius 3 is 2.57 bits per heavy atom. The van der Waals surface area contributed by atoms with Gasteiger partial charge in [0, 0.05) is 18.3 Å². The number of aromatic hydroxyl groups is 1. The van der Waals surface area contributed by atoms with Crippen LogP contribution in [0.4, 0.5) is 5.82 Å². The van der Waals surface area contributed by atoms with Crippen molar-refractivity contribution in [3.8, 4) is 5.75 Å². The number of nitrogens with zero attached hydrogens (tertiary/aromatic N) is 1. The van der Waals surface area contributed by atoms with Gasteiger partial charge in [-0.05, 0) is 6.07 Å². The van der Waals surface area contributed by atoms with E-state index in [0.29, 0.717) is 0 Å². The van der Waals surface area contributed by atoms with Gasteiger partial charge in [0.1, 0.15) is 6.10 Å². The zero-order valence-corrected chi connectivity index (χ0v) is 7.46. The highest BCUT2D eigenvalue weighted by molar-refractivity contribution is 5.46. The SMILES string of the molecule is NCC(O)C(O)c1cnc(N)c(O)c1. The number of pyridine rings is 1. The van der Waals surface area contributed by atoms with Gasteiger partial charge in [0.25, 0.3) is 0 Å². The Hall–Kier alpha value is -1.37. The van der Waals surface area contributed by atoms with Gasteiger partial charge in [-0.2, -0.15) is 0 Å². The third-order valence-corrected chi connectivity index (χ3v) is 1.87. The fourth-order valence-corrected chi connectivity index (χ4v) is 0.992. The van der Waals surface area contributed by atoms with Crippen LogP contribution >= 0.6 is 0 Å². The van der Waals surface area contributed by atoms with Crippen molar-refractivity contribution in [1.29, 1.82) is 0 Å². The van der Waals surface area contributed by atoms with Crippen LogP contribution in [-0.4, -0.2) is 33.0 Å². The third kappa shape index (κ3) is 2.11. The molecular formula is C8H13N3O3. The molecular weight excluding hydrogens is 186 g/mol. The minimum absolute atomic E-state index is 0.0248. The standard InChI is InChI=1S/C8H13N3O3/c9-2-6(13)7(14)4-1-5(12)8(10)11-3-4/h1,3,6-7,12-14H,2,9H2,(H2,10,11). The Morgan fingerprint density at radius 1 is 1.43 bits per heavy atom. The van der Waals surface area contributed by atoms with Crippen LogP contribution in [0.3, 0.4) is 0 Å². The summed E-state index contributed by atoms with van der Waals surface area (Å²) in [4.78, 5) is 3.63. The maximum atomic E-state index is 9.48. The molecule has 0 radical (unpaired) electrons. The lowest BCUT2D eigenvalue weighted by atomic mass is 10.1. The Bertz CT molecular complexity index is 319. The van der Waals surface area contributed by atoms with Crippen LogP contribution in [0.5, 0.6) is 5.75 Å². The molecule has 78 valence electrons. The summed E-state index contributed by atoms with van der Waals surface area (Å²) in [5.41, 5.74) is 10.7. The van der Waals surface area contributed by atoms with Crippen molar-refractivity contribution >= 4 is 5.82 Å². The minimum atomic E-state index is -1.17. The lowest BCUT2D eigenvalue weighted by Gasteiger charge is -2.16.